The second kappa shape index (κ2) is 6.58. The summed E-state index contributed by atoms with van der Waals surface area (Å²) in [5, 5.41) is 20.8. The Balaban J connectivity index is 2.42. The Morgan fingerprint density at radius 3 is 2.33 bits per heavy atom. The highest BCUT2D eigenvalue weighted by atomic mass is 16.4. The van der Waals surface area contributed by atoms with Crippen molar-refractivity contribution in [3.05, 3.63) is 0 Å². The molecule has 2 unspecified atom stereocenters. The molecule has 2 atom stereocenters. The van der Waals surface area contributed by atoms with E-state index in [2.05, 4.69) is 5.32 Å². The zero-order chi connectivity index (χ0) is 13.7. The predicted molar refractivity (Wildman–Crippen MR) is 66.2 cm³/mol. The van der Waals surface area contributed by atoms with Gasteiger partial charge in [0.25, 0.3) is 0 Å². The van der Waals surface area contributed by atoms with Crippen molar-refractivity contribution < 1.29 is 19.8 Å². The number of urea groups is 1. The first-order valence-corrected chi connectivity index (χ1v) is 6.42. The van der Waals surface area contributed by atoms with E-state index in [1.165, 1.54) is 0 Å². The molecule has 1 heterocycles. The molecule has 0 bridgehead atoms. The summed E-state index contributed by atoms with van der Waals surface area (Å²) in [6, 6.07) is -1.15. The summed E-state index contributed by atoms with van der Waals surface area (Å²) in [7, 11) is 0. The minimum Gasteiger partial charge on any atom is -0.480 e. The van der Waals surface area contributed by atoms with Gasteiger partial charge in [0.15, 0.2) is 0 Å². The van der Waals surface area contributed by atoms with Crippen molar-refractivity contribution in [3.8, 4) is 0 Å². The lowest BCUT2D eigenvalue weighted by atomic mass is 9.92. The zero-order valence-corrected chi connectivity index (χ0v) is 10.9. The second-order valence-electron chi connectivity index (χ2n) is 4.81. The Hall–Kier alpha value is -1.30. The number of rotatable bonds is 4. The van der Waals surface area contributed by atoms with Crippen LogP contribution in [0.25, 0.3) is 0 Å². The molecule has 0 saturated carbocycles. The smallest absolute Gasteiger partial charge is 0.326 e. The average molecular weight is 258 g/mol. The highest BCUT2D eigenvalue weighted by Crippen LogP contribution is 2.20. The summed E-state index contributed by atoms with van der Waals surface area (Å²) in [6.07, 6.45) is 1.53. The molecule has 18 heavy (non-hydrogen) atoms. The topological polar surface area (TPSA) is 89.9 Å². The third-order valence-corrected chi connectivity index (χ3v) is 3.51. The maximum atomic E-state index is 11.8. The van der Waals surface area contributed by atoms with Gasteiger partial charge in [-0.25, -0.2) is 9.59 Å². The number of carboxylic acid groups (broad SMARTS) is 1. The molecule has 3 N–H and O–H groups in total. The highest BCUT2D eigenvalue weighted by molar-refractivity contribution is 5.82. The van der Waals surface area contributed by atoms with Crippen LogP contribution >= 0.6 is 0 Å². The first-order chi connectivity index (χ1) is 8.45. The summed E-state index contributed by atoms with van der Waals surface area (Å²) in [6.45, 7) is 4.62. The van der Waals surface area contributed by atoms with Crippen molar-refractivity contribution in [1.29, 1.82) is 0 Å². The van der Waals surface area contributed by atoms with Crippen LogP contribution in [0.4, 0.5) is 4.79 Å². The number of aliphatic carboxylic acids is 1. The lowest BCUT2D eigenvalue weighted by Gasteiger charge is -2.33. The molecule has 0 aromatic heterocycles. The molecule has 0 aliphatic carbocycles. The maximum Gasteiger partial charge on any atom is 0.326 e. The van der Waals surface area contributed by atoms with E-state index in [-0.39, 0.29) is 18.1 Å². The van der Waals surface area contributed by atoms with Gasteiger partial charge in [-0.05, 0) is 32.1 Å². The quantitative estimate of drug-likeness (QED) is 0.690. The van der Waals surface area contributed by atoms with E-state index in [1.807, 2.05) is 0 Å². The van der Waals surface area contributed by atoms with Gasteiger partial charge in [0, 0.05) is 13.1 Å². The van der Waals surface area contributed by atoms with Gasteiger partial charge in [-0.1, -0.05) is 6.92 Å². The van der Waals surface area contributed by atoms with E-state index in [0.29, 0.717) is 19.5 Å². The molecule has 1 aliphatic rings. The van der Waals surface area contributed by atoms with Gasteiger partial charge < -0.3 is 20.4 Å². The third kappa shape index (κ3) is 3.87. The summed E-state index contributed by atoms with van der Waals surface area (Å²) in [5.74, 6) is -0.778. The van der Waals surface area contributed by atoms with Crippen LogP contribution in [0.3, 0.4) is 0 Å². The fourth-order valence-electron chi connectivity index (χ4n) is 2.16. The van der Waals surface area contributed by atoms with Crippen molar-refractivity contribution in [2.45, 2.75) is 45.3 Å². The molecule has 0 spiro atoms. The average Bonchev–Trinajstić information content (AvgIpc) is 2.35. The Labute approximate surface area is 107 Å². The predicted octanol–water partition coefficient (Wildman–Crippen LogP) is 0.652. The maximum absolute atomic E-state index is 11.8. The van der Waals surface area contributed by atoms with Crippen LogP contribution < -0.4 is 5.32 Å². The van der Waals surface area contributed by atoms with Gasteiger partial charge in [-0.15, -0.1) is 0 Å². The standard InChI is InChI=1S/C12H22N2O4/c1-3-10(11(16)17)13-12(18)14-6-4-9(5-7-14)8(2)15/h8-10,15H,3-7H2,1-2H3,(H,13,18)(H,16,17). The van der Waals surface area contributed by atoms with Crippen molar-refractivity contribution in [3.63, 3.8) is 0 Å². The van der Waals surface area contributed by atoms with Gasteiger partial charge in [-0.2, -0.15) is 0 Å². The number of nitrogens with zero attached hydrogens (tertiary/aromatic N) is 1. The third-order valence-electron chi connectivity index (χ3n) is 3.51. The molecule has 6 heteroatoms. The van der Waals surface area contributed by atoms with Crippen LogP contribution in [0.2, 0.25) is 0 Å². The molecule has 0 radical (unpaired) electrons. The van der Waals surface area contributed by atoms with E-state index in [4.69, 9.17) is 5.11 Å². The van der Waals surface area contributed by atoms with Gasteiger partial charge >= 0.3 is 12.0 Å². The number of carbonyl (C=O) groups excluding carboxylic acids is 1. The molecular formula is C12H22N2O4. The van der Waals surface area contributed by atoms with E-state index in [9.17, 15) is 14.7 Å². The minimum absolute atomic E-state index is 0.232. The van der Waals surface area contributed by atoms with Gasteiger partial charge in [0.2, 0.25) is 0 Å². The molecule has 0 aromatic carbocycles. The fourth-order valence-corrected chi connectivity index (χ4v) is 2.16. The number of hydrogen-bond acceptors (Lipinski definition) is 3. The van der Waals surface area contributed by atoms with E-state index in [0.717, 1.165) is 12.8 Å². The summed E-state index contributed by atoms with van der Waals surface area (Å²) in [4.78, 5) is 24.3. The lowest BCUT2D eigenvalue weighted by molar-refractivity contribution is -0.139. The number of aliphatic hydroxyl groups excluding tert-OH is 1. The summed E-state index contributed by atoms with van der Waals surface area (Å²) < 4.78 is 0. The number of hydrogen-bond donors (Lipinski definition) is 3. The Bertz CT molecular complexity index is 298. The first-order valence-electron chi connectivity index (χ1n) is 6.42. The summed E-state index contributed by atoms with van der Waals surface area (Å²) >= 11 is 0. The Morgan fingerprint density at radius 1 is 1.39 bits per heavy atom. The molecule has 0 aromatic rings. The Kier molecular flexibility index (Phi) is 5.40. The number of carbonyl (C=O) groups is 2. The number of carboxylic acids is 1. The highest BCUT2D eigenvalue weighted by Gasteiger charge is 2.27. The van der Waals surface area contributed by atoms with Gasteiger partial charge in [0.05, 0.1) is 6.10 Å². The van der Waals surface area contributed by atoms with Crippen LogP contribution in [0.15, 0.2) is 0 Å². The van der Waals surface area contributed by atoms with Crippen molar-refractivity contribution >= 4 is 12.0 Å². The minimum atomic E-state index is -1.01. The van der Waals surface area contributed by atoms with Crippen molar-refractivity contribution in [2.24, 2.45) is 5.92 Å². The van der Waals surface area contributed by atoms with Crippen LogP contribution in [-0.4, -0.2) is 52.3 Å². The number of likely N-dealkylation sites (tertiary alicyclic amines) is 1. The number of piperidine rings is 1. The molecule has 6 nitrogen and oxygen atoms in total. The van der Waals surface area contributed by atoms with Crippen molar-refractivity contribution in [2.75, 3.05) is 13.1 Å². The molecule has 1 aliphatic heterocycles. The monoisotopic (exact) mass is 258 g/mol. The largest absolute Gasteiger partial charge is 0.480 e. The molecule has 104 valence electrons. The first kappa shape index (κ1) is 14.8. The SMILES string of the molecule is CCC(NC(=O)N1CCC(C(C)O)CC1)C(=O)O. The fraction of sp³-hybridized carbons (Fsp3) is 0.833. The number of aliphatic hydroxyl groups is 1. The van der Waals surface area contributed by atoms with E-state index < -0.39 is 12.0 Å². The van der Waals surface area contributed by atoms with Crippen LogP contribution in [0.5, 0.6) is 0 Å². The zero-order valence-electron chi connectivity index (χ0n) is 10.9. The Morgan fingerprint density at radius 2 is 1.94 bits per heavy atom. The normalized spacial score (nSPS) is 20.3. The van der Waals surface area contributed by atoms with E-state index >= 15 is 0 Å². The molecule has 1 rings (SSSR count). The molecule has 2 amide bonds. The number of amides is 2. The van der Waals surface area contributed by atoms with E-state index in [1.54, 1.807) is 18.7 Å². The number of nitrogens with one attached hydrogen (secondary N) is 1. The second-order valence-corrected chi connectivity index (χ2v) is 4.81. The molecular weight excluding hydrogens is 236 g/mol. The molecule has 1 fully saturated rings. The van der Waals surface area contributed by atoms with Crippen LogP contribution in [0.1, 0.15) is 33.1 Å². The lowest BCUT2D eigenvalue weighted by Crippen LogP contribution is -2.50. The van der Waals surface area contributed by atoms with Crippen LogP contribution in [-0.2, 0) is 4.79 Å². The summed E-state index contributed by atoms with van der Waals surface area (Å²) in [5.41, 5.74) is 0. The van der Waals surface area contributed by atoms with Gasteiger partial charge in [0.1, 0.15) is 6.04 Å². The molecule has 1 saturated heterocycles. The van der Waals surface area contributed by atoms with Gasteiger partial charge in [-0.3, -0.25) is 0 Å². The van der Waals surface area contributed by atoms with Crippen LogP contribution in [0, 0.1) is 5.92 Å². The van der Waals surface area contributed by atoms with Crippen molar-refractivity contribution in [1.82, 2.24) is 10.2 Å².